The van der Waals surface area contributed by atoms with E-state index in [0.29, 0.717) is 12.2 Å². The molecule has 20 heavy (non-hydrogen) atoms. The first-order chi connectivity index (χ1) is 9.56. The molecule has 1 rings (SSSR count). The van der Waals surface area contributed by atoms with Crippen molar-refractivity contribution in [1.82, 2.24) is 0 Å². The predicted molar refractivity (Wildman–Crippen MR) is 86.1 cm³/mol. The lowest BCUT2D eigenvalue weighted by atomic mass is 10.2. The average molecular weight is 365 g/mol. The summed E-state index contributed by atoms with van der Waals surface area (Å²) in [7, 11) is 0. The number of anilines is 1. The van der Waals surface area contributed by atoms with Crippen molar-refractivity contribution in [2.24, 2.45) is 0 Å². The lowest BCUT2D eigenvalue weighted by Gasteiger charge is -2.08. The summed E-state index contributed by atoms with van der Waals surface area (Å²) in [5.41, 5.74) is 0.125. The second-order valence-corrected chi connectivity index (χ2v) is 6.21. The monoisotopic (exact) mass is 364 g/mol. The summed E-state index contributed by atoms with van der Waals surface area (Å²) in [6.07, 6.45) is 6.48. The van der Waals surface area contributed by atoms with Gasteiger partial charge in [0.05, 0.1) is 15.5 Å². The molecule has 0 unspecified atom stereocenters. The van der Waals surface area contributed by atoms with Gasteiger partial charge in [-0.25, -0.2) is 4.39 Å². The number of benzene rings is 1. The number of rotatable bonds is 9. The van der Waals surface area contributed by atoms with Gasteiger partial charge in [-0.15, -0.1) is 0 Å². The Morgan fingerprint density at radius 1 is 1.35 bits per heavy atom. The van der Waals surface area contributed by atoms with Crippen LogP contribution in [0.5, 0.6) is 0 Å². The quantitative estimate of drug-likeness (QED) is 0.387. The molecule has 7 heteroatoms. The molecule has 0 aliphatic rings. The van der Waals surface area contributed by atoms with Crippen LogP contribution in [0.15, 0.2) is 16.6 Å². The van der Waals surface area contributed by atoms with Gasteiger partial charge in [-0.3, -0.25) is 10.1 Å². The number of unbranched alkanes of at least 4 members (excludes halogenated alkanes) is 3. The van der Waals surface area contributed by atoms with Gasteiger partial charge >= 0.3 is 0 Å². The second kappa shape index (κ2) is 9.18. The minimum absolute atomic E-state index is 0.227. The average Bonchev–Trinajstić information content (AvgIpc) is 2.41. The Morgan fingerprint density at radius 2 is 2.05 bits per heavy atom. The molecule has 1 N–H and O–H groups in total. The van der Waals surface area contributed by atoms with E-state index in [1.165, 1.54) is 18.2 Å². The third-order valence-electron chi connectivity index (χ3n) is 2.83. The maximum Gasteiger partial charge on any atom is 0.295 e. The molecule has 0 saturated carbocycles. The van der Waals surface area contributed by atoms with Crippen LogP contribution in [0.2, 0.25) is 0 Å². The molecule has 0 fully saturated rings. The molecule has 1 aromatic carbocycles. The van der Waals surface area contributed by atoms with E-state index in [0.717, 1.165) is 25.3 Å². The van der Waals surface area contributed by atoms with Crippen LogP contribution in [-0.2, 0) is 0 Å². The minimum Gasteiger partial charge on any atom is -0.379 e. The number of nitrogens with zero attached hydrogens (tertiary/aromatic N) is 1. The zero-order valence-electron chi connectivity index (χ0n) is 11.3. The number of nitrogens with one attached hydrogen (secondary N) is 1. The minimum atomic E-state index is -0.626. The van der Waals surface area contributed by atoms with Crippen molar-refractivity contribution < 1.29 is 9.31 Å². The predicted octanol–water partition coefficient (Wildman–Crippen LogP) is 4.83. The maximum atomic E-state index is 13.3. The van der Waals surface area contributed by atoms with Crippen molar-refractivity contribution >= 4 is 39.1 Å². The molecular weight excluding hydrogens is 347 g/mol. The van der Waals surface area contributed by atoms with Crippen molar-refractivity contribution in [3.63, 3.8) is 0 Å². The maximum absolute atomic E-state index is 13.3. The Labute approximate surface area is 130 Å². The number of nitro benzene ring substituents is 1. The number of halogens is 2. The van der Waals surface area contributed by atoms with Crippen LogP contribution < -0.4 is 5.32 Å². The topological polar surface area (TPSA) is 55.2 Å². The first-order valence-electron chi connectivity index (χ1n) is 6.42. The molecule has 112 valence electrons. The molecule has 0 aliphatic carbocycles. The summed E-state index contributed by atoms with van der Waals surface area (Å²) in [6.45, 7) is 0.651. The highest BCUT2D eigenvalue weighted by atomic mass is 79.9. The fourth-order valence-electron chi connectivity index (χ4n) is 1.78. The summed E-state index contributed by atoms with van der Waals surface area (Å²) in [5.74, 6) is 0.545. The molecule has 0 bridgehead atoms. The summed E-state index contributed by atoms with van der Waals surface area (Å²) < 4.78 is 13.5. The molecule has 0 atom stereocenters. The Hall–Kier alpha value is -0.820. The third kappa shape index (κ3) is 5.66. The lowest BCUT2D eigenvalue weighted by molar-refractivity contribution is -0.384. The van der Waals surface area contributed by atoms with Crippen LogP contribution in [-0.4, -0.2) is 23.5 Å². The van der Waals surface area contributed by atoms with E-state index in [9.17, 15) is 14.5 Å². The van der Waals surface area contributed by atoms with Crippen molar-refractivity contribution in [3.8, 4) is 0 Å². The largest absolute Gasteiger partial charge is 0.379 e. The van der Waals surface area contributed by atoms with Gasteiger partial charge in [0, 0.05) is 6.54 Å². The van der Waals surface area contributed by atoms with Gasteiger partial charge in [0.25, 0.3) is 5.69 Å². The van der Waals surface area contributed by atoms with Crippen molar-refractivity contribution in [2.75, 3.05) is 23.9 Å². The Morgan fingerprint density at radius 3 is 2.70 bits per heavy atom. The molecule has 0 aromatic heterocycles. The van der Waals surface area contributed by atoms with Gasteiger partial charge in [0.15, 0.2) is 0 Å². The normalized spacial score (nSPS) is 10.6. The summed E-state index contributed by atoms with van der Waals surface area (Å²) in [4.78, 5) is 10.3. The molecule has 0 spiro atoms. The van der Waals surface area contributed by atoms with Crippen LogP contribution in [0.4, 0.5) is 15.8 Å². The van der Waals surface area contributed by atoms with E-state index in [1.807, 2.05) is 11.8 Å². The smallest absolute Gasteiger partial charge is 0.295 e. The van der Waals surface area contributed by atoms with E-state index < -0.39 is 10.7 Å². The van der Waals surface area contributed by atoms with Crippen molar-refractivity contribution in [3.05, 3.63) is 32.5 Å². The highest BCUT2D eigenvalue weighted by Gasteiger charge is 2.17. The number of nitro groups is 1. The number of hydrogen-bond donors (Lipinski definition) is 1. The second-order valence-electron chi connectivity index (χ2n) is 4.37. The first-order valence-corrected chi connectivity index (χ1v) is 8.61. The van der Waals surface area contributed by atoms with E-state index in [-0.39, 0.29) is 10.2 Å². The molecule has 0 aliphatic heterocycles. The van der Waals surface area contributed by atoms with E-state index >= 15 is 0 Å². The fourth-order valence-corrected chi connectivity index (χ4v) is 2.61. The van der Waals surface area contributed by atoms with Gasteiger partial charge in [-0.2, -0.15) is 11.8 Å². The Bertz CT molecular complexity index is 460. The van der Waals surface area contributed by atoms with Gasteiger partial charge in [-0.05, 0) is 46.8 Å². The highest BCUT2D eigenvalue weighted by molar-refractivity contribution is 9.10. The van der Waals surface area contributed by atoms with Crippen LogP contribution in [0.25, 0.3) is 0 Å². The van der Waals surface area contributed by atoms with E-state index in [2.05, 4.69) is 27.5 Å². The van der Waals surface area contributed by atoms with E-state index in [1.54, 1.807) is 0 Å². The zero-order chi connectivity index (χ0) is 15.0. The van der Waals surface area contributed by atoms with Gasteiger partial charge in [0.2, 0.25) is 0 Å². The standard InChI is InChI=1S/C13H18BrFN2O2S/c1-20-7-5-3-2-4-6-16-12-8-10(14)11(15)9-13(12)17(18)19/h8-9,16H,2-7H2,1H3. The van der Waals surface area contributed by atoms with Crippen molar-refractivity contribution in [1.29, 1.82) is 0 Å². The Balaban J connectivity index is 2.47. The van der Waals surface area contributed by atoms with Crippen LogP contribution in [0.3, 0.4) is 0 Å². The third-order valence-corrected chi connectivity index (χ3v) is 4.13. The van der Waals surface area contributed by atoms with Gasteiger partial charge in [0.1, 0.15) is 11.5 Å². The van der Waals surface area contributed by atoms with Crippen LogP contribution >= 0.6 is 27.7 Å². The fraction of sp³-hybridized carbons (Fsp3) is 0.538. The van der Waals surface area contributed by atoms with Crippen LogP contribution in [0, 0.1) is 15.9 Å². The molecule has 1 aromatic rings. The SMILES string of the molecule is CSCCCCCCNc1cc(Br)c(F)cc1[N+](=O)[O-]. The molecular formula is C13H18BrFN2O2S. The molecule has 0 amide bonds. The van der Waals surface area contributed by atoms with E-state index in [4.69, 9.17) is 0 Å². The zero-order valence-corrected chi connectivity index (χ0v) is 13.7. The number of hydrogen-bond acceptors (Lipinski definition) is 4. The van der Waals surface area contributed by atoms with Gasteiger partial charge < -0.3 is 5.32 Å². The summed E-state index contributed by atoms with van der Waals surface area (Å²) >= 11 is 4.88. The molecule has 0 heterocycles. The van der Waals surface area contributed by atoms with Crippen LogP contribution in [0.1, 0.15) is 25.7 Å². The van der Waals surface area contributed by atoms with Crippen molar-refractivity contribution in [2.45, 2.75) is 25.7 Å². The number of thioether (sulfide) groups is 1. The molecule has 0 radical (unpaired) electrons. The lowest BCUT2D eigenvalue weighted by Crippen LogP contribution is -2.05. The Kier molecular flexibility index (Phi) is 7.91. The summed E-state index contributed by atoms with van der Waals surface area (Å²) in [5, 5.41) is 13.9. The molecule has 4 nitrogen and oxygen atoms in total. The van der Waals surface area contributed by atoms with Gasteiger partial charge in [-0.1, -0.05) is 12.8 Å². The molecule has 0 saturated heterocycles. The highest BCUT2D eigenvalue weighted by Crippen LogP contribution is 2.30. The summed E-state index contributed by atoms with van der Waals surface area (Å²) in [6, 6.07) is 2.35. The first kappa shape index (κ1) is 17.2.